The monoisotopic (exact) mass is 583 g/mol. The molecule has 0 bridgehead atoms. The topological polar surface area (TPSA) is 125 Å². The zero-order chi connectivity index (χ0) is 29.0. The van der Waals surface area contributed by atoms with Crippen LogP contribution in [0.15, 0.2) is 41.4 Å². The maximum Gasteiger partial charge on any atom is 0.310 e. The van der Waals surface area contributed by atoms with Gasteiger partial charge in [-0.25, -0.2) is 4.68 Å². The van der Waals surface area contributed by atoms with E-state index in [4.69, 9.17) is 0 Å². The Morgan fingerprint density at radius 3 is 2.70 bits per heavy atom. The third kappa shape index (κ3) is 4.83. The zero-order valence-corrected chi connectivity index (χ0v) is 25.4. The van der Waals surface area contributed by atoms with Crippen LogP contribution < -0.4 is 0 Å². The molecule has 11 heteroatoms. The van der Waals surface area contributed by atoms with Crippen LogP contribution in [0.1, 0.15) is 65.8 Å². The Morgan fingerprint density at radius 1 is 1.25 bits per heavy atom. The van der Waals surface area contributed by atoms with Crippen LogP contribution in [-0.4, -0.2) is 51.0 Å². The van der Waals surface area contributed by atoms with E-state index in [1.54, 1.807) is 47.8 Å². The number of hydrogen-bond donors (Lipinski definition) is 3. The summed E-state index contributed by atoms with van der Waals surface area (Å²) in [6.45, 7) is 13.2. The van der Waals surface area contributed by atoms with E-state index in [1.165, 1.54) is 0 Å². The lowest BCUT2D eigenvalue weighted by Gasteiger charge is -2.42. The highest BCUT2D eigenvalue weighted by Gasteiger charge is 2.41. The van der Waals surface area contributed by atoms with Gasteiger partial charge in [-0.3, -0.25) is 18.9 Å². The average molecular weight is 584 g/mol. The van der Waals surface area contributed by atoms with E-state index in [0.717, 1.165) is 43.2 Å². The maximum atomic E-state index is 12.6. The van der Waals surface area contributed by atoms with E-state index in [2.05, 4.69) is 28.3 Å². The van der Waals surface area contributed by atoms with Crippen LogP contribution in [0.4, 0.5) is 0 Å². The van der Waals surface area contributed by atoms with E-state index in [-0.39, 0.29) is 5.92 Å². The van der Waals surface area contributed by atoms with Crippen LogP contribution in [0.2, 0.25) is 0 Å². The third-order valence-electron chi connectivity index (χ3n) is 8.10. The van der Waals surface area contributed by atoms with Gasteiger partial charge in [0.1, 0.15) is 5.52 Å². The van der Waals surface area contributed by atoms with Crippen LogP contribution in [-0.2, 0) is 24.3 Å². The largest absolute Gasteiger partial charge is 0.481 e. The number of carboxylic acid groups (broad SMARTS) is 1. The molecule has 0 amide bonds. The van der Waals surface area contributed by atoms with Crippen molar-refractivity contribution in [3.8, 4) is 0 Å². The molecular weight excluding hydrogens is 546 g/mol. The van der Waals surface area contributed by atoms with Crippen LogP contribution >= 0.6 is 22.1 Å². The van der Waals surface area contributed by atoms with E-state index in [0.29, 0.717) is 31.0 Å². The number of carbonyl (C=O) groups is 1. The number of nitrogens with zero attached hydrogens (tertiary/aromatic N) is 5. The molecule has 9 nitrogen and oxygen atoms in total. The summed E-state index contributed by atoms with van der Waals surface area (Å²) >= 11 is 1.57. The fourth-order valence-electron chi connectivity index (χ4n) is 5.75. The average Bonchev–Trinajstić information content (AvgIpc) is 3.46. The SMILES string of the molecule is CCn1nnc2c(C)c(C(c3cc(CN4C[C@@H](C)Cc5ncccc5S4(O)O)c(C)s3)C(C)(C)C(=O)O)ccc21. The highest BCUT2D eigenvalue weighted by atomic mass is 32.3. The number of aromatic nitrogens is 4. The van der Waals surface area contributed by atoms with Gasteiger partial charge in [0.15, 0.2) is 0 Å². The molecule has 0 radical (unpaired) electrons. The molecule has 5 rings (SSSR count). The second kappa shape index (κ2) is 10.5. The van der Waals surface area contributed by atoms with Gasteiger partial charge in [0.05, 0.1) is 21.5 Å². The molecular formula is C29H37N5O4S2. The normalized spacial score (nSPS) is 19.2. The Bertz CT molecular complexity index is 1580. The fraction of sp³-hybridized carbons (Fsp3) is 0.448. The number of pyridine rings is 1. The van der Waals surface area contributed by atoms with Gasteiger partial charge in [-0.15, -0.1) is 27.2 Å². The van der Waals surface area contributed by atoms with Crippen molar-refractivity contribution in [1.82, 2.24) is 24.3 Å². The smallest absolute Gasteiger partial charge is 0.310 e. The van der Waals surface area contributed by atoms with E-state index >= 15 is 0 Å². The minimum atomic E-state index is -3.24. The number of thiophene rings is 1. The molecule has 4 aromatic rings. The highest BCUT2D eigenvalue weighted by Crippen LogP contribution is 2.56. The Hall–Kier alpha value is -2.83. The van der Waals surface area contributed by atoms with Crippen molar-refractivity contribution in [2.45, 2.75) is 71.9 Å². The van der Waals surface area contributed by atoms with Crippen molar-refractivity contribution in [1.29, 1.82) is 0 Å². The summed E-state index contributed by atoms with van der Waals surface area (Å²) in [6, 6.07) is 9.54. The quantitative estimate of drug-likeness (QED) is 0.226. The predicted molar refractivity (Wildman–Crippen MR) is 159 cm³/mol. The van der Waals surface area contributed by atoms with Crippen LogP contribution in [0.5, 0.6) is 0 Å². The van der Waals surface area contributed by atoms with E-state index in [9.17, 15) is 19.0 Å². The molecule has 1 aromatic carbocycles. The molecule has 1 unspecified atom stereocenters. The molecule has 4 heterocycles. The summed E-state index contributed by atoms with van der Waals surface area (Å²) in [7, 11) is -3.24. The van der Waals surface area contributed by atoms with Gasteiger partial charge >= 0.3 is 5.97 Å². The first-order valence-electron chi connectivity index (χ1n) is 13.5. The van der Waals surface area contributed by atoms with Crippen molar-refractivity contribution in [3.63, 3.8) is 0 Å². The Morgan fingerprint density at radius 2 is 2.00 bits per heavy atom. The first kappa shape index (κ1) is 28.7. The molecule has 0 aliphatic carbocycles. The van der Waals surface area contributed by atoms with Crippen molar-refractivity contribution in [2.24, 2.45) is 11.3 Å². The minimum absolute atomic E-state index is 0.186. The summed E-state index contributed by atoms with van der Waals surface area (Å²) in [4.78, 5) is 19.5. The second-order valence-electron chi connectivity index (χ2n) is 11.3. The number of carboxylic acids is 1. The standard InChI is InChI=1S/C29H37N5O4S2/c1-7-34-23-11-10-21(18(3)27(23)31-32-34)26(29(5,6)28(35)36)24-14-20(19(4)39-24)16-33-15-17(2)13-22-25(40(33,37)38)9-8-12-30-22/h8-12,14,17,26,37-38H,7,13,15-16H2,1-6H3,(H,35,36)/t17-,26?/m0/s1. The molecule has 3 N–H and O–H groups in total. The molecule has 0 spiro atoms. The summed E-state index contributed by atoms with van der Waals surface area (Å²) < 4.78 is 26.5. The van der Waals surface area contributed by atoms with Gasteiger partial charge in [0.2, 0.25) is 0 Å². The third-order valence-corrected chi connectivity index (χ3v) is 11.2. The predicted octanol–water partition coefficient (Wildman–Crippen LogP) is 6.49. The number of rotatable bonds is 7. The number of fused-ring (bicyclic) bond motifs is 2. The van der Waals surface area contributed by atoms with Crippen molar-refractivity contribution >= 4 is 39.1 Å². The lowest BCUT2D eigenvalue weighted by Crippen LogP contribution is -2.32. The second-order valence-corrected chi connectivity index (χ2v) is 14.6. The Labute approximate surface area is 240 Å². The maximum absolute atomic E-state index is 12.6. The van der Waals surface area contributed by atoms with Crippen LogP contribution in [0.25, 0.3) is 11.0 Å². The first-order chi connectivity index (χ1) is 18.9. The molecule has 2 atom stereocenters. The summed E-state index contributed by atoms with van der Waals surface area (Å²) in [5.74, 6) is -1.14. The molecule has 1 aliphatic heterocycles. The lowest BCUT2D eigenvalue weighted by atomic mass is 9.72. The van der Waals surface area contributed by atoms with Crippen LogP contribution in [0, 0.1) is 25.2 Å². The van der Waals surface area contributed by atoms with Crippen molar-refractivity contribution in [3.05, 3.63) is 68.7 Å². The number of hydrogen-bond acceptors (Lipinski definition) is 8. The fourth-order valence-corrected chi connectivity index (χ4v) is 8.87. The molecule has 214 valence electrons. The minimum Gasteiger partial charge on any atom is -0.481 e. The van der Waals surface area contributed by atoms with Gasteiger partial charge in [0.25, 0.3) is 0 Å². The molecule has 40 heavy (non-hydrogen) atoms. The Balaban J connectivity index is 1.57. The van der Waals surface area contributed by atoms with Crippen molar-refractivity contribution < 1.29 is 19.0 Å². The molecule has 0 fully saturated rings. The summed E-state index contributed by atoms with van der Waals surface area (Å²) in [6.07, 6.45) is 2.37. The lowest BCUT2D eigenvalue weighted by molar-refractivity contribution is -0.147. The van der Waals surface area contributed by atoms with Gasteiger partial charge in [-0.1, -0.05) is 18.2 Å². The van der Waals surface area contributed by atoms with Crippen LogP contribution in [0.3, 0.4) is 0 Å². The zero-order valence-electron chi connectivity index (χ0n) is 23.7. The van der Waals surface area contributed by atoms with Gasteiger partial charge in [0, 0.05) is 41.5 Å². The molecule has 0 saturated heterocycles. The molecule has 1 aliphatic rings. The van der Waals surface area contributed by atoms with Crippen molar-refractivity contribution in [2.75, 3.05) is 6.54 Å². The van der Waals surface area contributed by atoms with Gasteiger partial charge < -0.3 is 5.11 Å². The highest BCUT2D eigenvalue weighted by molar-refractivity contribution is 8.22. The number of aryl methyl sites for hydroxylation is 3. The number of benzene rings is 1. The number of aliphatic carboxylic acids is 1. The van der Waals surface area contributed by atoms with E-state index < -0.39 is 28.1 Å². The first-order valence-corrected chi connectivity index (χ1v) is 15.8. The molecule has 3 aromatic heterocycles. The summed E-state index contributed by atoms with van der Waals surface area (Å²) in [5, 5.41) is 19.0. The summed E-state index contributed by atoms with van der Waals surface area (Å²) in [5.41, 5.74) is 4.11. The van der Waals surface area contributed by atoms with E-state index in [1.807, 2.05) is 37.6 Å². The molecule has 0 saturated carbocycles. The Kier molecular flexibility index (Phi) is 7.56. The van der Waals surface area contributed by atoms with Gasteiger partial charge in [-0.05, 0) is 87.9 Å². The van der Waals surface area contributed by atoms with Gasteiger partial charge in [-0.2, -0.15) is 4.31 Å².